The summed E-state index contributed by atoms with van der Waals surface area (Å²) in [6, 6.07) is 13.1. The van der Waals surface area contributed by atoms with Crippen molar-refractivity contribution in [1.82, 2.24) is 10.3 Å². The Morgan fingerprint density at radius 2 is 1.74 bits per heavy atom. The van der Waals surface area contributed by atoms with E-state index in [-0.39, 0.29) is 51.5 Å². The Bertz CT molecular complexity index is 1700. The van der Waals surface area contributed by atoms with Crippen LogP contribution in [0.1, 0.15) is 41.0 Å². The van der Waals surface area contributed by atoms with Crippen LogP contribution in [0.3, 0.4) is 0 Å². The molecule has 0 aliphatic heterocycles. The number of rotatable bonds is 9. The molecule has 218 valence electrons. The van der Waals surface area contributed by atoms with E-state index in [2.05, 4.69) is 21.7 Å². The molecule has 0 bridgehead atoms. The highest BCUT2D eigenvalue weighted by atomic mass is 19.4. The number of furan rings is 1. The van der Waals surface area contributed by atoms with E-state index in [1.807, 2.05) is 0 Å². The van der Waals surface area contributed by atoms with Crippen molar-refractivity contribution in [1.29, 1.82) is 5.26 Å². The number of anilines is 1. The van der Waals surface area contributed by atoms with Gasteiger partial charge in [-0.25, -0.2) is 4.39 Å². The van der Waals surface area contributed by atoms with E-state index in [9.17, 15) is 32.4 Å². The molecule has 8 nitrogen and oxygen atoms in total. The van der Waals surface area contributed by atoms with Gasteiger partial charge in [-0.05, 0) is 61.9 Å². The maximum Gasteiger partial charge on any atom is 0.405 e. The summed E-state index contributed by atoms with van der Waals surface area (Å²) >= 11 is 0. The summed E-state index contributed by atoms with van der Waals surface area (Å²) < 4.78 is 64.5. The smallest absolute Gasteiger partial charge is 0.405 e. The van der Waals surface area contributed by atoms with Crippen molar-refractivity contribution in [2.75, 3.05) is 26.0 Å². The molecule has 0 fully saturated rings. The van der Waals surface area contributed by atoms with Gasteiger partial charge in [0.1, 0.15) is 29.7 Å². The summed E-state index contributed by atoms with van der Waals surface area (Å²) in [7, 11) is 2.76. The highest BCUT2D eigenvalue weighted by Gasteiger charge is 2.30. The minimum Gasteiger partial charge on any atom is -0.496 e. The van der Waals surface area contributed by atoms with Gasteiger partial charge in [0, 0.05) is 24.6 Å². The topological polar surface area (TPSA) is 117 Å². The second-order valence-corrected chi connectivity index (χ2v) is 10.1. The largest absolute Gasteiger partial charge is 0.496 e. The molecule has 42 heavy (non-hydrogen) atoms. The zero-order valence-corrected chi connectivity index (χ0v) is 23.1. The van der Waals surface area contributed by atoms with E-state index in [4.69, 9.17) is 9.15 Å². The number of ether oxygens (including phenoxy) is 1. The molecule has 0 saturated heterocycles. The Kier molecular flexibility index (Phi) is 8.24. The Hall–Kier alpha value is -4.92. The molecule has 0 atom stereocenters. The van der Waals surface area contributed by atoms with Crippen LogP contribution in [0, 0.1) is 22.6 Å². The first-order valence-electron chi connectivity index (χ1n) is 12.7. The zero-order valence-electron chi connectivity index (χ0n) is 23.1. The van der Waals surface area contributed by atoms with E-state index in [1.54, 1.807) is 13.8 Å². The van der Waals surface area contributed by atoms with Gasteiger partial charge in [-0.1, -0.05) is 6.07 Å². The molecule has 2 heterocycles. The number of amides is 1. The molecule has 0 aliphatic carbocycles. The quantitative estimate of drug-likeness (QED) is 0.165. The summed E-state index contributed by atoms with van der Waals surface area (Å²) in [6.45, 7) is 1.79. The molecule has 0 aliphatic rings. The summed E-state index contributed by atoms with van der Waals surface area (Å²) in [5, 5.41) is 14.4. The number of nitrogens with one attached hydrogen (secondary N) is 2. The number of hydrogen-bond acceptors (Lipinski definition) is 7. The summed E-state index contributed by atoms with van der Waals surface area (Å²) in [5.74, 6) is -1.46. The predicted octanol–water partition coefficient (Wildman–Crippen LogP) is 6.77. The molecular formula is C30H26F4N4O4. The number of ketones is 1. The van der Waals surface area contributed by atoms with Crippen molar-refractivity contribution in [3.63, 3.8) is 0 Å². The fourth-order valence-electron chi connectivity index (χ4n) is 4.35. The molecule has 1 amide bonds. The average molecular weight is 583 g/mol. The second-order valence-electron chi connectivity index (χ2n) is 10.1. The molecule has 0 radical (unpaired) electrons. The van der Waals surface area contributed by atoms with E-state index < -0.39 is 35.6 Å². The molecule has 4 aromatic rings. The van der Waals surface area contributed by atoms with Crippen LogP contribution in [-0.2, 0) is 0 Å². The van der Waals surface area contributed by atoms with Gasteiger partial charge in [0.15, 0.2) is 5.78 Å². The molecule has 2 aromatic heterocycles. The molecular weight excluding hydrogens is 556 g/mol. The monoisotopic (exact) mass is 582 g/mol. The van der Waals surface area contributed by atoms with Crippen LogP contribution in [0.2, 0.25) is 0 Å². The lowest BCUT2D eigenvalue weighted by atomic mass is 9.86. The molecule has 2 N–H and O–H groups in total. The Balaban J connectivity index is 1.97. The van der Waals surface area contributed by atoms with E-state index in [0.717, 1.165) is 0 Å². The average Bonchev–Trinajstić information content (AvgIpc) is 3.32. The number of carbonyl (C=O) groups is 2. The minimum absolute atomic E-state index is 0.0378. The number of halogens is 4. The number of nitriles is 1. The van der Waals surface area contributed by atoms with Gasteiger partial charge in [0.2, 0.25) is 5.71 Å². The maximum absolute atomic E-state index is 13.6. The normalized spacial score (nSPS) is 11.7. The van der Waals surface area contributed by atoms with Crippen LogP contribution in [0.4, 0.5) is 23.4 Å². The van der Waals surface area contributed by atoms with Crippen LogP contribution in [0.15, 0.2) is 52.9 Å². The SMILES string of the molecule is CNC(=O)c1c(-c2ccc(F)cc2)oc2nc(NCC(F)(F)F)c(-c3ccc(OC)c(C(=O)CC(C)(C)C#N)c3)cc12. The van der Waals surface area contributed by atoms with Crippen LogP contribution in [0.25, 0.3) is 33.6 Å². The summed E-state index contributed by atoms with van der Waals surface area (Å²) in [6.07, 6.45) is -4.73. The second kappa shape index (κ2) is 11.5. The first-order valence-corrected chi connectivity index (χ1v) is 12.7. The summed E-state index contributed by atoms with van der Waals surface area (Å²) in [5.41, 5.74) is -0.186. The van der Waals surface area contributed by atoms with Crippen molar-refractivity contribution in [2.24, 2.45) is 5.41 Å². The Morgan fingerprint density at radius 3 is 2.33 bits per heavy atom. The molecule has 12 heteroatoms. The molecule has 0 unspecified atom stereocenters. The van der Waals surface area contributed by atoms with Crippen molar-refractivity contribution < 1.29 is 36.3 Å². The Morgan fingerprint density at radius 1 is 1.07 bits per heavy atom. The highest BCUT2D eigenvalue weighted by molar-refractivity contribution is 6.12. The van der Waals surface area contributed by atoms with E-state index >= 15 is 0 Å². The fraction of sp³-hybridized carbons (Fsp3) is 0.267. The Labute approximate surface area is 238 Å². The number of methoxy groups -OCH3 is 1. The summed E-state index contributed by atoms with van der Waals surface area (Å²) in [4.78, 5) is 30.5. The van der Waals surface area contributed by atoms with Crippen LogP contribution < -0.4 is 15.4 Å². The standard InChI is InChI=1S/C30H26F4N4O4/c1-29(2,14-35)13-22(39)20-11-17(7-10-23(20)41-4)19-12-21-24(27(40)36-3)25(16-5-8-18(31)9-6-16)42-28(21)38-26(19)37-15-30(32,33)34/h5-12H,13,15H2,1-4H3,(H,36,40)(H,37,38). The number of carbonyl (C=O) groups excluding carboxylic acids is 2. The van der Waals surface area contributed by atoms with Crippen LogP contribution in [0.5, 0.6) is 5.75 Å². The first kappa shape index (κ1) is 30.0. The zero-order chi connectivity index (χ0) is 30.8. The van der Waals surface area contributed by atoms with Gasteiger partial charge < -0.3 is 19.8 Å². The fourth-order valence-corrected chi connectivity index (χ4v) is 4.35. The number of nitrogens with zero attached hydrogens (tertiary/aromatic N) is 2. The number of hydrogen-bond donors (Lipinski definition) is 2. The molecule has 2 aromatic carbocycles. The van der Waals surface area contributed by atoms with Crippen molar-refractivity contribution in [2.45, 2.75) is 26.4 Å². The minimum atomic E-state index is -4.59. The van der Waals surface area contributed by atoms with Gasteiger partial charge in [0.25, 0.3) is 5.91 Å². The van der Waals surface area contributed by atoms with Crippen molar-refractivity contribution in [3.8, 4) is 34.3 Å². The van der Waals surface area contributed by atoms with Gasteiger partial charge in [-0.3, -0.25) is 9.59 Å². The third-order valence-corrected chi connectivity index (χ3v) is 6.42. The highest BCUT2D eigenvalue weighted by Crippen LogP contribution is 2.39. The van der Waals surface area contributed by atoms with Gasteiger partial charge >= 0.3 is 6.18 Å². The lowest BCUT2D eigenvalue weighted by molar-refractivity contribution is -0.115. The molecule has 4 rings (SSSR count). The van der Waals surface area contributed by atoms with E-state index in [0.29, 0.717) is 11.1 Å². The third kappa shape index (κ3) is 6.35. The number of benzene rings is 2. The molecule has 0 spiro atoms. The predicted molar refractivity (Wildman–Crippen MR) is 148 cm³/mol. The van der Waals surface area contributed by atoms with Gasteiger partial charge in [-0.15, -0.1) is 0 Å². The number of fused-ring (bicyclic) bond motifs is 1. The van der Waals surface area contributed by atoms with E-state index in [1.165, 1.54) is 62.7 Å². The number of pyridine rings is 1. The number of alkyl halides is 3. The maximum atomic E-state index is 13.6. The van der Waals surface area contributed by atoms with Crippen LogP contribution in [-0.4, -0.2) is 43.6 Å². The van der Waals surface area contributed by atoms with Crippen molar-refractivity contribution >= 4 is 28.6 Å². The first-order chi connectivity index (χ1) is 19.8. The lowest BCUT2D eigenvalue weighted by Gasteiger charge is -2.17. The molecule has 0 saturated carbocycles. The third-order valence-electron chi connectivity index (χ3n) is 6.42. The number of aromatic nitrogens is 1. The van der Waals surface area contributed by atoms with Crippen molar-refractivity contribution in [3.05, 3.63) is 65.5 Å². The van der Waals surface area contributed by atoms with Gasteiger partial charge in [0.05, 0.1) is 35.1 Å². The van der Waals surface area contributed by atoms with Crippen LogP contribution >= 0.6 is 0 Å². The van der Waals surface area contributed by atoms with Gasteiger partial charge in [-0.2, -0.15) is 23.4 Å². The lowest BCUT2D eigenvalue weighted by Crippen LogP contribution is -2.22. The number of Topliss-reactive ketones (excluding diaryl/α,β-unsaturated/α-hetero) is 1.